The first-order chi connectivity index (χ1) is 6.57. The molecule has 0 spiro atoms. The summed E-state index contributed by atoms with van der Waals surface area (Å²) in [6, 6.07) is -0.343. The highest BCUT2D eigenvalue weighted by Crippen LogP contribution is 2.02. The third-order valence-electron chi connectivity index (χ3n) is 1.89. The van der Waals surface area contributed by atoms with Gasteiger partial charge in [-0.1, -0.05) is 13.8 Å². The van der Waals surface area contributed by atoms with Gasteiger partial charge in [-0.05, 0) is 30.8 Å². The van der Waals surface area contributed by atoms with E-state index in [4.69, 9.17) is 5.73 Å². The number of hydrogen-bond donors (Lipinski definition) is 2. The molecule has 0 aromatic heterocycles. The van der Waals surface area contributed by atoms with Crippen molar-refractivity contribution in [1.82, 2.24) is 5.32 Å². The molecule has 0 saturated carbocycles. The zero-order valence-electron chi connectivity index (χ0n) is 9.38. The molecule has 0 saturated heterocycles. The Hall–Kier alpha value is -0.220. The molecule has 0 aromatic rings. The van der Waals surface area contributed by atoms with Gasteiger partial charge in [0.25, 0.3) is 0 Å². The van der Waals surface area contributed by atoms with Gasteiger partial charge >= 0.3 is 0 Å². The monoisotopic (exact) mass is 218 g/mol. The van der Waals surface area contributed by atoms with Crippen LogP contribution in [0.15, 0.2) is 0 Å². The molecule has 0 aliphatic rings. The summed E-state index contributed by atoms with van der Waals surface area (Å²) in [5.74, 6) is 1.54. The van der Waals surface area contributed by atoms with E-state index in [-0.39, 0.29) is 11.9 Å². The molecule has 0 rings (SSSR count). The highest BCUT2D eigenvalue weighted by Gasteiger charge is 2.13. The Balaban J connectivity index is 3.52. The summed E-state index contributed by atoms with van der Waals surface area (Å²) < 4.78 is 0. The smallest absolute Gasteiger partial charge is 0.236 e. The average Bonchev–Trinajstić information content (AvgIpc) is 2.11. The molecule has 3 nitrogen and oxygen atoms in total. The van der Waals surface area contributed by atoms with Crippen molar-refractivity contribution < 1.29 is 4.79 Å². The molecule has 4 heteroatoms. The van der Waals surface area contributed by atoms with Crippen LogP contribution >= 0.6 is 11.8 Å². The molecule has 0 aliphatic carbocycles. The quantitative estimate of drug-likeness (QED) is 0.632. The Bertz CT molecular complexity index is 162. The molecule has 84 valence electrons. The number of amides is 1. The maximum absolute atomic E-state index is 11.4. The van der Waals surface area contributed by atoms with E-state index in [9.17, 15) is 4.79 Å². The minimum atomic E-state index is -0.343. The van der Waals surface area contributed by atoms with E-state index in [1.807, 2.05) is 0 Å². The van der Waals surface area contributed by atoms with Crippen molar-refractivity contribution >= 4 is 17.7 Å². The van der Waals surface area contributed by atoms with Gasteiger partial charge in [-0.2, -0.15) is 11.8 Å². The predicted molar refractivity (Wildman–Crippen MR) is 63.4 cm³/mol. The van der Waals surface area contributed by atoms with E-state index < -0.39 is 0 Å². The van der Waals surface area contributed by atoms with E-state index in [0.29, 0.717) is 5.92 Å². The Kier molecular flexibility index (Phi) is 7.99. The standard InChI is InChI=1S/C10H22N2OS/c1-8(2)7-9(11)10(13)12-5-4-6-14-3/h8-9H,4-7,11H2,1-3H3,(H,12,13)/t9-/m0/s1. The lowest BCUT2D eigenvalue weighted by Gasteiger charge is -2.13. The van der Waals surface area contributed by atoms with Crippen molar-refractivity contribution in [2.75, 3.05) is 18.6 Å². The van der Waals surface area contributed by atoms with Gasteiger partial charge in [-0.25, -0.2) is 0 Å². The predicted octanol–water partition coefficient (Wildman–Crippen LogP) is 1.23. The number of rotatable bonds is 7. The molecular formula is C10H22N2OS. The Morgan fingerprint density at radius 2 is 2.14 bits per heavy atom. The number of carbonyl (C=O) groups excluding carboxylic acids is 1. The number of nitrogens with one attached hydrogen (secondary N) is 1. The topological polar surface area (TPSA) is 55.1 Å². The maximum Gasteiger partial charge on any atom is 0.236 e. The SMILES string of the molecule is CSCCCNC(=O)[C@@H](N)CC(C)C. The Morgan fingerprint density at radius 3 is 2.64 bits per heavy atom. The molecule has 1 amide bonds. The summed E-state index contributed by atoms with van der Waals surface area (Å²) in [7, 11) is 0. The molecule has 0 unspecified atom stereocenters. The normalized spacial score (nSPS) is 12.9. The van der Waals surface area contributed by atoms with Crippen molar-refractivity contribution in [3.63, 3.8) is 0 Å². The molecule has 0 bridgehead atoms. The fourth-order valence-corrected chi connectivity index (χ4v) is 1.61. The van der Waals surface area contributed by atoms with Crippen LogP contribution in [-0.4, -0.2) is 30.5 Å². The van der Waals surface area contributed by atoms with Crippen molar-refractivity contribution in [3.05, 3.63) is 0 Å². The van der Waals surface area contributed by atoms with Crippen molar-refractivity contribution in [2.24, 2.45) is 11.7 Å². The second-order valence-corrected chi connectivity index (χ2v) is 4.86. The van der Waals surface area contributed by atoms with Gasteiger partial charge in [-0.15, -0.1) is 0 Å². The Morgan fingerprint density at radius 1 is 1.50 bits per heavy atom. The van der Waals surface area contributed by atoms with Gasteiger partial charge in [0.2, 0.25) is 5.91 Å². The lowest BCUT2D eigenvalue weighted by molar-refractivity contribution is -0.122. The Labute approximate surface area is 91.2 Å². The van der Waals surface area contributed by atoms with E-state index in [2.05, 4.69) is 25.4 Å². The van der Waals surface area contributed by atoms with E-state index in [0.717, 1.165) is 25.1 Å². The van der Waals surface area contributed by atoms with E-state index in [1.165, 1.54) is 0 Å². The van der Waals surface area contributed by atoms with Crippen LogP contribution in [0.3, 0.4) is 0 Å². The summed E-state index contributed by atoms with van der Waals surface area (Å²) in [6.45, 7) is 4.88. The van der Waals surface area contributed by atoms with Crippen LogP contribution in [0.25, 0.3) is 0 Å². The summed E-state index contributed by atoms with van der Waals surface area (Å²) >= 11 is 1.79. The molecule has 0 aromatic carbocycles. The van der Waals surface area contributed by atoms with Gasteiger partial charge in [0, 0.05) is 6.54 Å². The molecule has 0 fully saturated rings. The molecule has 0 heterocycles. The molecule has 0 aliphatic heterocycles. The minimum Gasteiger partial charge on any atom is -0.355 e. The molecule has 3 N–H and O–H groups in total. The van der Waals surface area contributed by atoms with Crippen LogP contribution in [0.1, 0.15) is 26.7 Å². The fourth-order valence-electron chi connectivity index (χ4n) is 1.17. The number of hydrogen-bond acceptors (Lipinski definition) is 3. The third kappa shape index (κ3) is 7.21. The number of carbonyl (C=O) groups is 1. The summed E-state index contributed by atoms with van der Waals surface area (Å²) in [4.78, 5) is 11.4. The number of thioether (sulfide) groups is 1. The molecular weight excluding hydrogens is 196 g/mol. The molecule has 0 radical (unpaired) electrons. The first-order valence-electron chi connectivity index (χ1n) is 5.10. The summed E-state index contributed by atoms with van der Waals surface area (Å²) in [6.07, 6.45) is 3.84. The molecule has 1 atom stereocenters. The van der Waals surface area contributed by atoms with Crippen LogP contribution in [0.4, 0.5) is 0 Å². The highest BCUT2D eigenvalue weighted by molar-refractivity contribution is 7.98. The van der Waals surface area contributed by atoms with Crippen LogP contribution in [0.2, 0.25) is 0 Å². The van der Waals surface area contributed by atoms with Gasteiger partial charge in [0.05, 0.1) is 6.04 Å². The van der Waals surface area contributed by atoms with Crippen molar-refractivity contribution in [2.45, 2.75) is 32.7 Å². The van der Waals surface area contributed by atoms with Crippen molar-refractivity contribution in [1.29, 1.82) is 0 Å². The summed E-state index contributed by atoms with van der Waals surface area (Å²) in [5.41, 5.74) is 5.72. The first kappa shape index (κ1) is 13.8. The first-order valence-corrected chi connectivity index (χ1v) is 6.49. The van der Waals surface area contributed by atoms with Crippen LogP contribution in [0.5, 0.6) is 0 Å². The second kappa shape index (κ2) is 8.12. The zero-order valence-corrected chi connectivity index (χ0v) is 10.2. The average molecular weight is 218 g/mol. The lowest BCUT2D eigenvalue weighted by Crippen LogP contribution is -2.41. The van der Waals surface area contributed by atoms with Crippen LogP contribution in [-0.2, 0) is 4.79 Å². The third-order valence-corrected chi connectivity index (χ3v) is 2.58. The highest BCUT2D eigenvalue weighted by atomic mass is 32.2. The second-order valence-electron chi connectivity index (χ2n) is 3.87. The van der Waals surface area contributed by atoms with E-state index >= 15 is 0 Å². The van der Waals surface area contributed by atoms with Gasteiger partial charge < -0.3 is 11.1 Å². The lowest BCUT2D eigenvalue weighted by atomic mass is 10.0. The van der Waals surface area contributed by atoms with Crippen LogP contribution < -0.4 is 11.1 Å². The minimum absolute atomic E-state index is 0.0141. The van der Waals surface area contributed by atoms with Gasteiger partial charge in [0.1, 0.15) is 0 Å². The van der Waals surface area contributed by atoms with Gasteiger partial charge in [-0.3, -0.25) is 4.79 Å². The van der Waals surface area contributed by atoms with Crippen molar-refractivity contribution in [3.8, 4) is 0 Å². The van der Waals surface area contributed by atoms with Gasteiger partial charge in [0.15, 0.2) is 0 Å². The number of nitrogens with two attached hydrogens (primary N) is 1. The summed E-state index contributed by atoms with van der Waals surface area (Å²) in [5, 5.41) is 2.85. The zero-order chi connectivity index (χ0) is 11.0. The molecule has 14 heavy (non-hydrogen) atoms. The maximum atomic E-state index is 11.4. The van der Waals surface area contributed by atoms with Crippen LogP contribution in [0, 0.1) is 5.92 Å². The fraction of sp³-hybridized carbons (Fsp3) is 0.900. The van der Waals surface area contributed by atoms with E-state index in [1.54, 1.807) is 11.8 Å². The largest absolute Gasteiger partial charge is 0.355 e.